The molecule has 0 bridgehead atoms. The Balaban J connectivity index is 1.76. The predicted octanol–water partition coefficient (Wildman–Crippen LogP) is 4.25. The monoisotopic (exact) mass is 278 g/mol. The molecule has 0 aliphatic rings. The van der Waals surface area contributed by atoms with Crippen LogP contribution in [-0.4, -0.2) is 17.3 Å². The molecule has 0 saturated heterocycles. The molecule has 0 unspecified atom stereocenters. The van der Waals surface area contributed by atoms with Crippen molar-refractivity contribution in [1.29, 1.82) is 0 Å². The van der Waals surface area contributed by atoms with Gasteiger partial charge in [-0.15, -0.1) is 11.8 Å². The molecule has 0 saturated carbocycles. The highest BCUT2D eigenvalue weighted by Gasteiger charge is 2.00. The second-order valence-corrected chi connectivity index (χ2v) is 5.42. The lowest BCUT2D eigenvalue weighted by Gasteiger charge is -2.06. The van der Waals surface area contributed by atoms with Crippen LogP contribution in [0.25, 0.3) is 0 Å². The summed E-state index contributed by atoms with van der Waals surface area (Å²) < 4.78 is 0. The van der Waals surface area contributed by atoms with Gasteiger partial charge < -0.3 is 5.32 Å². The van der Waals surface area contributed by atoms with Crippen molar-refractivity contribution in [2.24, 2.45) is 0 Å². The standard InChI is InChI=1S/C14H15ClN2S/c1-11-4-6-12(7-5-11)16-9-10-18-14-13(15)3-2-8-17-14/h2-8,16H,9-10H2,1H3. The molecule has 18 heavy (non-hydrogen) atoms. The van der Waals surface area contributed by atoms with Crippen molar-refractivity contribution in [3.8, 4) is 0 Å². The number of aromatic nitrogens is 1. The Morgan fingerprint density at radius 1 is 1.22 bits per heavy atom. The zero-order chi connectivity index (χ0) is 12.8. The zero-order valence-electron chi connectivity index (χ0n) is 10.2. The van der Waals surface area contributed by atoms with Crippen molar-refractivity contribution in [3.05, 3.63) is 53.2 Å². The van der Waals surface area contributed by atoms with E-state index >= 15 is 0 Å². The SMILES string of the molecule is Cc1ccc(NCCSc2ncccc2Cl)cc1. The molecular weight excluding hydrogens is 264 g/mol. The molecular formula is C14H15ClN2S. The topological polar surface area (TPSA) is 24.9 Å². The number of pyridine rings is 1. The number of anilines is 1. The zero-order valence-corrected chi connectivity index (χ0v) is 11.8. The highest BCUT2D eigenvalue weighted by molar-refractivity contribution is 7.99. The van der Waals surface area contributed by atoms with E-state index in [9.17, 15) is 0 Å². The molecule has 2 nitrogen and oxygen atoms in total. The van der Waals surface area contributed by atoms with Crippen LogP contribution >= 0.6 is 23.4 Å². The van der Waals surface area contributed by atoms with Gasteiger partial charge in [-0.3, -0.25) is 0 Å². The number of hydrogen-bond donors (Lipinski definition) is 1. The molecule has 1 aromatic carbocycles. The van der Waals surface area contributed by atoms with E-state index in [1.807, 2.05) is 12.1 Å². The summed E-state index contributed by atoms with van der Waals surface area (Å²) >= 11 is 7.70. The van der Waals surface area contributed by atoms with E-state index in [0.29, 0.717) is 0 Å². The van der Waals surface area contributed by atoms with E-state index in [2.05, 4.69) is 41.5 Å². The molecule has 0 aliphatic heterocycles. The Morgan fingerprint density at radius 3 is 2.72 bits per heavy atom. The molecule has 0 aliphatic carbocycles. The fourth-order valence-corrected chi connectivity index (χ4v) is 2.52. The minimum absolute atomic E-state index is 0.720. The Hall–Kier alpha value is -1.19. The number of benzene rings is 1. The van der Waals surface area contributed by atoms with Crippen LogP contribution in [0.4, 0.5) is 5.69 Å². The first-order chi connectivity index (χ1) is 8.75. The number of nitrogens with one attached hydrogen (secondary N) is 1. The Kier molecular flexibility index (Phi) is 4.90. The van der Waals surface area contributed by atoms with Gasteiger partial charge >= 0.3 is 0 Å². The molecule has 4 heteroatoms. The van der Waals surface area contributed by atoms with E-state index in [1.165, 1.54) is 5.56 Å². The van der Waals surface area contributed by atoms with Crippen LogP contribution in [0.3, 0.4) is 0 Å². The van der Waals surface area contributed by atoms with Crippen LogP contribution in [0.5, 0.6) is 0 Å². The summed E-state index contributed by atoms with van der Waals surface area (Å²) in [6.45, 7) is 2.98. The van der Waals surface area contributed by atoms with Crippen LogP contribution in [-0.2, 0) is 0 Å². The Morgan fingerprint density at radius 2 is 2.00 bits per heavy atom. The Labute approximate surface area is 117 Å². The van der Waals surface area contributed by atoms with E-state index in [0.717, 1.165) is 28.0 Å². The quantitative estimate of drug-likeness (QED) is 0.654. The number of halogens is 1. The van der Waals surface area contributed by atoms with E-state index in [-0.39, 0.29) is 0 Å². The van der Waals surface area contributed by atoms with Gasteiger partial charge in [-0.1, -0.05) is 29.3 Å². The second-order valence-electron chi connectivity index (χ2n) is 3.93. The van der Waals surface area contributed by atoms with E-state index < -0.39 is 0 Å². The molecule has 0 atom stereocenters. The molecule has 2 aromatic rings. The predicted molar refractivity (Wildman–Crippen MR) is 79.6 cm³/mol. The average molecular weight is 279 g/mol. The minimum Gasteiger partial charge on any atom is -0.384 e. The van der Waals surface area contributed by atoms with Crippen molar-refractivity contribution in [1.82, 2.24) is 4.98 Å². The molecule has 1 N–H and O–H groups in total. The van der Waals surface area contributed by atoms with Gasteiger partial charge in [-0.05, 0) is 31.2 Å². The highest BCUT2D eigenvalue weighted by Crippen LogP contribution is 2.23. The van der Waals surface area contributed by atoms with Crippen LogP contribution in [0.15, 0.2) is 47.6 Å². The van der Waals surface area contributed by atoms with Crippen LogP contribution < -0.4 is 5.32 Å². The van der Waals surface area contributed by atoms with Crippen molar-refractivity contribution in [2.45, 2.75) is 11.9 Å². The number of nitrogens with zero attached hydrogens (tertiary/aromatic N) is 1. The summed E-state index contributed by atoms with van der Waals surface area (Å²) in [7, 11) is 0. The van der Waals surface area contributed by atoms with Gasteiger partial charge in [0, 0.05) is 24.2 Å². The van der Waals surface area contributed by atoms with Gasteiger partial charge in [0.2, 0.25) is 0 Å². The normalized spacial score (nSPS) is 10.3. The summed E-state index contributed by atoms with van der Waals surface area (Å²) in [5.41, 5.74) is 2.42. The van der Waals surface area contributed by atoms with Crippen LogP contribution in [0.2, 0.25) is 5.02 Å². The summed E-state index contributed by atoms with van der Waals surface area (Å²) in [4.78, 5) is 4.24. The molecule has 0 fully saturated rings. The van der Waals surface area contributed by atoms with Gasteiger partial charge in [-0.2, -0.15) is 0 Å². The third-order valence-corrected chi connectivity index (χ3v) is 3.87. The third kappa shape index (κ3) is 3.93. The third-order valence-electron chi connectivity index (χ3n) is 2.45. The van der Waals surface area contributed by atoms with Gasteiger partial charge in [0.1, 0.15) is 5.03 Å². The molecule has 0 radical (unpaired) electrons. The maximum atomic E-state index is 6.03. The van der Waals surface area contributed by atoms with Gasteiger partial charge in [0.05, 0.1) is 5.02 Å². The van der Waals surface area contributed by atoms with Crippen LogP contribution in [0, 0.1) is 6.92 Å². The smallest absolute Gasteiger partial charge is 0.115 e. The van der Waals surface area contributed by atoms with Crippen molar-refractivity contribution in [2.75, 3.05) is 17.6 Å². The fourth-order valence-electron chi connectivity index (χ4n) is 1.49. The molecule has 0 amide bonds. The fraction of sp³-hybridized carbons (Fsp3) is 0.214. The van der Waals surface area contributed by atoms with Crippen molar-refractivity contribution in [3.63, 3.8) is 0 Å². The average Bonchev–Trinajstić information content (AvgIpc) is 2.39. The van der Waals surface area contributed by atoms with Gasteiger partial charge in [0.15, 0.2) is 0 Å². The number of aryl methyl sites for hydroxylation is 1. The van der Waals surface area contributed by atoms with Gasteiger partial charge in [0.25, 0.3) is 0 Å². The summed E-state index contributed by atoms with van der Waals surface area (Å²) in [6, 6.07) is 12.1. The molecule has 2 rings (SSSR count). The first-order valence-corrected chi connectivity index (χ1v) is 7.16. The highest BCUT2D eigenvalue weighted by atomic mass is 35.5. The molecule has 94 valence electrons. The van der Waals surface area contributed by atoms with Crippen LogP contribution in [0.1, 0.15) is 5.56 Å². The number of rotatable bonds is 5. The lowest BCUT2D eigenvalue weighted by atomic mass is 10.2. The van der Waals surface area contributed by atoms with E-state index in [4.69, 9.17) is 11.6 Å². The maximum absolute atomic E-state index is 6.03. The maximum Gasteiger partial charge on any atom is 0.115 e. The van der Waals surface area contributed by atoms with Gasteiger partial charge in [-0.25, -0.2) is 4.98 Å². The number of hydrogen-bond acceptors (Lipinski definition) is 3. The van der Waals surface area contributed by atoms with Crippen molar-refractivity contribution >= 4 is 29.1 Å². The lowest BCUT2D eigenvalue weighted by Crippen LogP contribution is -2.04. The molecule has 1 aromatic heterocycles. The second kappa shape index (κ2) is 6.66. The minimum atomic E-state index is 0.720. The Bertz CT molecular complexity index is 499. The largest absolute Gasteiger partial charge is 0.384 e. The molecule has 1 heterocycles. The molecule has 0 spiro atoms. The summed E-state index contributed by atoms with van der Waals surface area (Å²) in [5.74, 6) is 0.935. The van der Waals surface area contributed by atoms with Crippen molar-refractivity contribution < 1.29 is 0 Å². The lowest BCUT2D eigenvalue weighted by molar-refractivity contribution is 1.12. The first kappa shape index (κ1) is 13.2. The summed E-state index contributed by atoms with van der Waals surface area (Å²) in [5, 5.41) is 4.98. The van der Waals surface area contributed by atoms with E-state index in [1.54, 1.807) is 18.0 Å². The summed E-state index contributed by atoms with van der Waals surface area (Å²) in [6.07, 6.45) is 1.77. The number of thioether (sulfide) groups is 1. The first-order valence-electron chi connectivity index (χ1n) is 5.79.